The number of hydrogen-bond donors (Lipinski definition) is 4. The minimum absolute atomic E-state index is 0.0212. The molecular weight excluding hydrogens is 498 g/mol. The van der Waals surface area contributed by atoms with Gasteiger partial charge in [0.25, 0.3) is 0 Å². The first kappa shape index (κ1) is 26.5. The van der Waals surface area contributed by atoms with Crippen LogP contribution in [0.25, 0.3) is 0 Å². The highest BCUT2D eigenvalue weighted by Gasteiger charge is 2.46. The van der Waals surface area contributed by atoms with Gasteiger partial charge in [-0.15, -0.1) is 0 Å². The summed E-state index contributed by atoms with van der Waals surface area (Å²) in [5, 5.41) is 26.6. The van der Waals surface area contributed by atoms with Crippen LogP contribution in [0, 0.1) is 0 Å². The molecule has 1 aromatic heterocycles. The van der Waals surface area contributed by atoms with E-state index in [1.54, 1.807) is 11.1 Å². The fourth-order valence-electron chi connectivity index (χ4n) is 5.92. The average Bonchev–Trinajstić information content (AvgIpc) is 3.55. The number of piperazine rings is 1. The normalized spacial score (nSPS) is 34.8. The molecule has 1 aromatic rings. The molecule has 4 saturated heterocycles. The number of amides is 4. The fourth-order valence-corrected chi connectivity index (χ4v) is 5.92. The summed E-state index contributed by atoms with van der Waals surface area (Å²) in [5.74, 6) is -0.520. The molecule has 4 fully saturated rings. The lowest BCUT2D eigenvalue weighted by Gasteiger charge is -2.41. The molecular formula is C24H35N7O7. The maximum absolute atomic E-state index is 13.8. The van der Waals surface area contributed by atoms with Crippen molar-refractivity contribution in [2.24, 2.45) is 7.05 Å². The summed E-state index contributed by atoms with van der Waals surface area (Å²) in [6, 6.07) is -1.80. The average molecular weight is 534 g/mol. The van der Waals surface area contributed by atoms with Crippen molar-refractivity contribution in [3.63, 3.8) is 0 Å². The van der Waals surface area contributed by atoms with Crippen LogP contribution in [-0.2, 0) is 37.5 Å². The number of ether oxygens (including phenoxy) is 1. The first-order valence-electron chi connectivity index (χ1n) is 13.0. The van der Waals surface area contributed by atoms with E-state index >= 15 is 0 Å². The molecule has 38 heavy (non-hydrogen) atoms. The number of aliphatic hydroxyl groups excluding tert-OH is 2. The lowest BCUT2D eigenvalue weighted by molar-refractivity contribution is -0.149. The summed E-state index contributed by atoms with van der Waals surface area (Å²) in [5.41, 5.74) is 0. The van der Waals surface area contributed by atoms with Crippen LogP contribution in [0.3, 0.4) is 0 Å². The van der Waals surface area contributed by atoms with E-state index in [1.165, 1.54) is 11.8 Å². The Morgan fingerprint density at radius 3 is 2.61 bits per heavy atom. The van der Waals surface area contributed by atoms with Crippen LogP contribution >= 0.6 is 0 Å². The van der Waals surface area contributed by atoms with Gasteiger partial charge in [0, 0.05) is 58.6 Å². The quantitative estimate of drug-likeness (QED) is 0.302. The van der Waals surface area contributed by atoms with Crippen molar-refractivity contribution in [1.29, 1.82) is 0 Å². The molecule has 4 aliphatic heterocycles. The van der Waals surface area contributed by atoms with Gasteiger partial charge in [-0.1, -0.05) is 0 Å². The van der Waals surface area contributed by atoms with Crippen LogP contribution in [0.2, 0.25) is 0 Å². The Kier molecular flexibility index (Phi) is 7.40. The standard InChI is InChI=1S/C24H35N7O7/c1-13(32)31-6-5-29-11-16(31)23(36)26-9-18-22(35)21(34)17(38-18)8-20(33)27-14-7-15(24(29)37)30(10-14)12-19-25-3-4-28(19)2/h3-4,14-18,21-22,34-35H,5-12H2,1-2H3,(H,26,36)(H,27,33)/t14-,15-,16-,17-,18+,21-,22+/m0/s1. The smallest absolute Gasteiger partial charge is 0.244 e. The van der Waals surface area contributed by atoms with E-state index in [2.05, 4.69) is 15.6 Å². The molecule has 4 N–H and O–H groups in total. The second-order valence-electron chi connectivity index (χ2n) is 10.6. The predicted molar refractivity (Wildman–Crippen MR) is 130 cm³/mol. The van der Waals surface area contributed by atoms with Crippen molar-refractivity contribution in [3.05, 3.63) is 18.2 Å². The summed E-state index contributed by atoms with van der Waals surface area (Å²) in [6.45, 7) is 2.57. The Morgan fingerprint density at radius 1 is 1.13 bits per heavy atom. The van der Waals surface area contributed by atoms with Crippen molar-refractivity contribution in [2.75, 3.05) is 32.7 Å². The number of aryl methyl sites for hydroxylation is 1. The van der Waals surface area contributed by atoms with Crippen molar-refractivity contribution < 1.29 is 34.1 Å². The molecule has 7 atom stereocenters. The highest BCUT2D eigenvalue weighted by atomic mass is 16.5. The van der Waals surface area contributed by atoms with E-state index in [0.29, 0.717) is 19.5 Å². The second-order valence-corrected chi connectivity index (χ2v) is 10.6. The molecule has 0 spiro atoms. The maximum Gasteiger partial charge on any atom is 0.244 e. The largest absolute Gasteiger partial charge is 0.388 e. The van der Waals surface area contributed by atoms with Gasteiger partial charge < -0.3 is 40.0 Å². The number of aromatic nitrogens is 2. The van der Waals surface area contributed by atoms with E-state index in [-0.39, 0.29) is 56.4 Å². The number of imidazole rings is 1. The minimum atomic E-state index is -1.30. The van der Waals surface area contributed by atoms with Crippen LogP contribution < -0.4 is 10.6 Å². The topological polar surface area (TPSA) is 170 Å². The van der Waals surface area contributed by atoms with Crippen molar-refractivity contribution >= 4 is 23.6 Å². The Labute approximate surface area is 219 Å². The van der Waals surface area contributed by atoms with Crippen molar-refractivity contribution in [3.8, 4) is 0 Å². The van der Waals surface area contributed by atoms with Gasteiger partial charge in [0.2, 0.25) is 23.6 Å². The number of nitrogens with one attached hydrogen (secondary N) is 2. The molecule has 5 rings (SSSR count). The summed E-state index contributed by atoms with van der Waals surface area (Å²) < 4.78 is 7.61. The van der Waals surface area contributed by atoms with Gasteiger partial charge in [-0.05, 0) is 6.42 Å². The predicted octanol–water partition coefficient (Wildman–Crippen LogP) is -3.45. The molecule has 14 nitrogen and oxygen atoms in total. The fraction of sp³-hybridized carbons (Fsp3) is 0.708. The lowest BCUT2D eigenvalue weighted by atomic mass is 10.0. The highest BCUT2D eigenvalue weighted by molar-refractivity contribution is 5.89. The molecule has 0 aromatic carbocycles. The third-order valence-corrected chi connectivity index (χ3v) is 8.04. The van der Waals surface area contributed by atoms with Crippen LogP contribution in [-0.4, -0.2) is 133 Å². The van der Waals surface area contributed by atoms with Crippen LogP contribution in [0.15, 0.2) is 12.4 Å². The summed E-state index contributed by atoms with van der Waals surface area (Å²) in [7, 11) is 1.87. The number of likely N-dealkylation sites (tertiary alicyclic amines) is 1. The van der Waals surface area contributed by atoms with Crippen LogP contribution in [0.5, 0.6) is 0 Å². The van der Waals surface area contributed by atoms with Gasteiger partial charge in [-0.2, -0.15) is 0 Å². The Hall–Kier alpha value is -3.07. The van der Waals surface area contributed by atoms with Crippen LogP contribution in [0.4, 0.5) is 0 Å². The molecule has 4 amide bonds. The summed E-state index contributed by atoms with van der Waals surface area (Å²) in [6.07, 6.45) is -0.764. The Bertz CT molecular complexity index is 1100. The highest BCUT2D eigenvalue weighted by Crippen LogP contribution is 2.26. The number of hydrogen-bond acceptors (Lipinski definition) is 9. The Balaban J connectivity index is 1.43. The first-order valence-corrected chi connectivity index (χ1v) is 13.0. The van der Waals surface area contributed by atoms with Crippen molar-refractivity contribution in [1.82, 2.24) is 34.9 Å². The Morgan fingerprint density at radius 2 is 1.89 bits per heavy atom. The van der Waals surface area contributed by atoms with E-state index in [1.807, 2.05) is 22.7 Å². The van der Waals surface area contributed by atoms with Crippen LogP contribution in [0.1, 0.15) is 25.6 Å². The van der Waals surface area contributed by atoms with Crippen molar-refractivity contribution in [2.45, 2.75) is 68.9 Å². The third-order valence-electron chi connectivity index (χ3n) is 8.04. The number of carbonyl (C=O) groups is 4. The molecule has 0 aliphatic carbocycles. The number of aliphatic hydroxyl groups is 2. The van der Waals surface area contributed by atoms with Gasteiger partial charge >= 0.3 is 0 Å². The number of fused-ring (bicyclic) bond motifs is 6. The van der Waals surface area contributed by atoms with Gasteiger partial charge in [0.05, 0.1) is 31.7 Å². The van der Waals surface area contributed by atoms with E-state index < -0.39 is 42.4 Å². The molecule has 0 saturated carbocycles. The summed E-state index contributed by atoms with van der Waals surface area (Å²) in [4.78, 5) is 61.6. The van der Waals surface area contributed by atoms with Gasteiger partial charge in [-0.3, -0.25) is 24.1 Å². The van der Waals surface area contributed by atoms with Gasteiger partial charge in [0.1, 0.15) is 30.2 Å². The zero-order valence-corrected chi connectivity index (χ0v) is 21.5. The number of carbonyl (C=O) groups excluding carboxylic acids is 4. The zero-order chi connectivity index (χ0) is 27.1. The molecule has 0 radical (unpaired) electrons. The monoisotopic (exact) mass is 533 g/mol. The maximum atomic E-state index is 13.8. The number of nitrogens with zero attached hydrogens (tertiary/aromatic N) is 5. The summed E-state index contributed by atoms with van der Waals surface area (Å²) >= 11 is 0. The van der Waals surface area contributed by atoms with Gasteiger partial charge in [0.15, 0.2) is 0 Å². The third kappa shape index (κ3) is 5.13. The molecule has 14 heteroatoms. The number of rotatable bonds is 2. The molecule has 208 valence electrons. The molecule has 0 unspecified atom stereocenters. The van der Waals surface area contributed by atoms with E-state index in [9.17, 15) is 29.4 Å². The molecule has 6 bridgehead atoms. The lowest BCUT2D eigenvalue weighted by Crippen LogP contribution is -2.63. The van der Waals surface area contributed by atoms with E-state index in [4.69, 9.17) is 4.74 Å². The zero-order valence-electron chi connectivity index (χ0n) is 21.5. The minimum Gasteiger partial charge on any atom is -0.388 e. The van der Waals surface area contributed by atoms with E-state index in [0.717, 1.165) is 5.82 Å². The second kappa shape index (κ2) is 10.6. The van der Waals surface area contributed by atoms with Gasteiger partial charge in [-0.25, -0.2) is 4.98 Å². The first-order chi connectivity index (χ1) is 18.1. The SMILES string of the molecule is CC(=O)N1CCN2C[C@H]1C(=O)NC[C@H]1O[C@@H](CC(=O)N[C@H]3C[C@@H](C2=O)N(Cc2nccn2C)C3)[C@H](O)[C@@H]1O. The molecule has 5 heterocycles. The molecule has 4 aliphatic rings.